The number of carbonyl (C=O) groups is 1. The van der Waals surface area contributed by atoms with E-state index in [9.17, 15) is 10.1 Å². The molecule has 0 aliphatic carbocycles. The fourth-order valence-electron chi connectivity index (χ4n) is 3.50. The van der Waals surface area contributed by atoms with Crippen LogP contribution in [0.25, 0.3) is 0 Å². The fourth-order valence-corrected chi connectivity index (χ4v) is 3.50. The molecule has 0 bridgehead atoms. The second-order valence-corrected chi connectivity index (χ2v) is 7.26. The van der Waals surface area contributed by atoms with Crippen molar-refractivity contribution in [2.45, 2.75) is 20.0 Å². The van der Waals surface area contributed by atoms with E-state index in [2.05, 4.69) is 35.2 Å². The highest BCUT2D eigenvalue weighted by Crippen LogP contribution is 2.12. The number of hydrogen-bond donors (Lipinski definition) is 0. The molecule has 3 rings (SSSR count). The molecule has 150 valence electrons. The van der Waals surface area contributed by atoms with Crippen LogP contribution in [-0.2, 0) is 17.9 Å². The topological polar surface area (TPSA) is 50.6 Å². The zero-order chi connectivity index (χ0) is 20.5. The number of amides is 1. The number of piperazine rings is 1. The van der Waals surface area contributed by atoms with Gasteiger partial charge in [0.15, 0.2) is 0 Å². The number of rotatable bonds is 7. The molecule has 2 aromatic carbocycles. The molecule has 1 saturated heterocycles. The van der Waals surface area contributed by atoms with Crippen LogP contribution in [0, 0.1) is 11.3 Å². The molecule has 1 aliphatic heterocycles. The Bertz CT molecular complexity index is 849. The van der Waals surface area contributed by atoms with E-state index < -0.39 is 0 Å². The van der Waals surface area contributed by atoms with E-state index in [1.807, 2.05) is 48.2 Å². The maximum absolute atomic E-state index is 12.9. The van der Waals surface area contributed by atoms with Crippen molar-refractivity contribution in [1.82, 2.24) is 14.7 Å². The van der Waals surface area contributed by atoms with E-state index in [1.54, 1.807) is 11.1 Å². The van der Waals surface area contributed by atoms with Crippen LogP contribution in [0.5, 0.6) is 0 Å². The van der Waals surface area contributed by atoms with Gasteiger partial charge in [-0.3, -0.25) is 9.69 Å². The number of benzene rings is 2. The van der Waals surface area contributed by atoms with E-state index in [4.69, 9.17) is 0 Å². The van der Waals surface area contributed by atoms with Gasteiger partial charge in [-0.1, -0.05) is 60.7 Å². The summed E-state index contributed by atoms with van der Waals surface area (Å²) >= 11 is 0. The van der Waals surface area contributed by atoms with Crippen LogP contribution >= 0.6 is 0 Å². The molecular formula is C24H28N4O. The minimum absolute atomic E-state index is 0.168. The second-order valence-electron chi connectivity index (χ2n) is 7.26. The van der Waals surface area contributed by atoms with Crippen molar-refractivity contribution in [2.75, 3.05) is 32.7 Å². The zero-order valence-electron chi connectivity index (χ0n) is 17.0. The van der Waals surface area contributed by atoms with Crippen LogP contribution < -0.4 is 0 Å². The summed E-state index contributed by atoms with van der Waals surface area (Å²) in [6, 6.07) is 22.6. The second kappa shape index (κ2) is 10.4. The third kappa shape index (κ3) is 5.94. The molecule has 1 amide bonds. The van der Waals surface area contributed by atoms with Crippen molar-refractivity contribution in [3.63, 3.8) is 0 Å². The van der Waals surface area contributed by atoms with Gasteiger partial charge < -0.3 is 9.80 Å². The Morgan fingerprint density at radius 3 is 2.14 bits per heavy atom. The molecule has 0 spiro atoms. The van der Waals surface area contributed by atoms with E-state index in [1.165, 1.54) is 5.56 Å². The molecule has 0 saturated carbocycles. The molecule has 0 radical (unpaired) electrons. The quantitative estimate of drug-likeness (QED) is 0.540. The van der Waals surface area contributed by atoms with Gasteiger partial charge in [-0.15, -0.1) is 0 Å². The lowest BCUT2D eigenvalue weighted by molar-refractivity contribution is -0.128. The Balaban J connectivity index is 1.58. The first-order valence-corrected chi connectivity index (χ1v) is 10.1. The Hall–Kier alpha value is -3.10. The minimum Gasteiger partial charge on any atom is -0.372 e. The van der Waals surface area contributed by atoms with Crippen LogP contribution in [0.15, 0.2) is 72.4 Å². The van der Waals surface area contributed by atoms with Crippen LogP contribution in [0.3, 0.4) is 0 Å². The van der Waals surface area contributed by atoms with Crippen LogP contribution in [0.2, 0.25) is 0 Å². The normalized spacial score (nSPS) is 15.0. The van der Waals surface area contributed by atoms with Crippen molar-refractivity contribution in [3.8, 4) is 6.07 Å². The van der Waals surface area contributed by atoms with Crippen LogP contribution in [0.1, 0.15) is 18.1 Å². The molecule has 2 aromatic rings. The number of hydrogen-bond acceptors (Lipinski definition) is 4. The molecule has 1 heterocycles. The molecule has 0 N–H and O–H groups in total. The zero-order valence-corrected chi connectivity index (χ0v) is 17.0. The van der Waals surface area contributed by atoms with Gasteiger partial charge in [-0.25, -0.2) is 0 Å². The van der Waals surface area contributed by atoms with Crippen molar-refractivity contribution in [3.05, 3.63) is 83.6 Å². The van der Waals surface area contributed by atoms with Gasteiger partial charge in [0.2, 0.25) is 0 Å². The standard InChI is InChI=1S/C24H28N4O/c1-2-26(18-21-9-5-3-6-10-21)20-23(17-25)24(29)28-15-13-27(14-16-28)19-22-11-7-4-8-12-22/h3-12,20H,2,13-16,18-19H2,1H3/b23-20-. The highest BCUT2D eigenvalue weighted by molar-refractivity contribution is 5.97. The molecule has 0 aromatic heterocycles. The molecule has 0 atom stereocenters. The summed E-state index contributed by atoms with van der Waals surface area (Å²) in [6.45, 7) is 7.28. The Morgan fingerprint density at radius 1 is 1.00 bits per heavy atom. The lowest BCUT2D eigenvalue weighted by Gasteiger charge is -2.34. The van der Waals surface area contributed by atoms with Gasteiger partial charge in [0.25, 0.3) is 5.91 Å². The molecular weight excluding hydrogens is 360 g/mol. The summed E-state index contributed by atoms with van der Waals surface area (Å²) in [7, 11) is 0. The smallest absolute Gasteiger partial charge is 0.266 e. The van der Waals surface area contributed by atoms with Crippen LogP contribution in [-0.4, -0.2) is 53.3 Å². The van der Waals surface area contributed by atoms with E-state index in [-0.39, 0.29) is 11.5 Å². The summed E-state index contributed by atoms with van der Waals surface area (Å²) in [5, 5.41) is 9.58. The minimum atomic E-state index is -0.168. The maximum Gasteiger partial charge on any atom is 0.266 e. The van der Waals surface area contributed by atoms with Crippen molar-refractivity contribution < 1.29 is 4.79 Å². The van der Waals surface area contributed by atoms with Gasteiger partial charge in [-0.05, 0) is 18.1 Å². The van der Waals surface area contributed by atoms with E-state index in [0.29, 0.717) is 19.6 Å². The lowest BCUT2D eigenvalue weighted by atomic mass is 10.1. The van der Waals surface area contributed by atoms with E-state index >= 15 is 0 Å². The summed E-state index contributed by atoms with van der Waals surface area (Å²) in [5.41, 5.74) is 2.65. The summed E-state index contributed by atoms with van der Waals surface area (Å²) < 4.78 is 0. The lowest BCUT2D eigenvalue weighted by Crippen LogP contribution is -2.48. The molecule has 0 unspecified atom stereocenters. The molecule has 1 aliphatic rings. The third-order valence-electron chi connectivity index (χ3n) is 5.21. The molecule has 1 fully saturated rings. The number of nitriles is 1. The highest BCUT2D eigenvalue weighted by Gasteiger charge is 2.24. The predicted molar refractivity (Wildman–Crippen MR) is 115 cm³/mol. The number of carbonyl (C=O) groups excluding carboxylic acids is 1. The summed E-state index contributed by atoms with van der Waals surface area (Å²) in [5.74, 6) is -0.168. The van der Waals surface area contributed by atoms with E-state index in [0.717, 1.165) is 31.7 Å². The average molecular weight is 389 g/mol. The molecule has 5 heteroatoms. The van der Waals surface area contributed by atoms with Gasteiger partial charge in [0.05, 0.1) is 0 Å². The first-order chi connectivity index (χ1) is 14.2. The van der Waals surface area contributed by atoms with Crippen molar-refractivity contribution in [2.24, 2.45) is 0 Å². The third-order valence-corrected chi connectivity index (χ3v) is 5.21. The average Bonchev–Trinajstić information content (AvgIpc) is 2.78. The Morgan fingerprint density at radius 2 is 1.59 bits per heavy atom. The summed E-state index contributed by atoms with van der Waals surface area (Å²) in [6.07, 6.45) is 1.71. The Labute approximate surface area is 173 Å². The monoisotopic (exact) mass is 388 g/mol. The molecule has 29 heavy (non-hydrogen) atoms. The van der Waals surface area contributed by atoms with Crippen LogP contribution in [0.4, 0.5) is 0 Å². The van der Waals surface area contributed by atoms with Gasteiger partial charge in [0.1, 0.15) is 11.6 Å². The predicted octanol–water partition coefficient (Wildman–Crippen LogP) is 3.26. The largest absolute Gasteiger partial charge is 0.372 e. The highest BCUT2D eigenvalue weighted by atomic mass is 16.2. The van der Waals surface area contributed by atoms with Gasteiger partial charge in [0, 0.05) is 52.0 Å². The first kappa shape index (κ1) is 20.6. The van der Waals surface area contributed by atoms with Gasteiger partial charge in [-0.2, -0.15) is 5.26 Å². The molecule has 5 nitrogen and oxygen atoms in total. The Kier molecular flexibility index (Phi) is 7.43. The van der Waals surface area contributed by atoms with Crippen molar-refractivity contribution >= 4 is 5.91 Å². The van der Waals surface area contributed by atoms with Gasteiger partial charge >= 0.3 is 0 Å². The maximum atomic E-state index is 12.9. The first-order valence-electron chi connectivity index (χ1n) is 10.1. The van der Waals surface area contributed by atoms with Crippen molar-refractivity contribution in [1.29, 1.82) is 5.26 Å². The summed E-state index contributed by atoms with van der Waals surface area (Å²) in [4.78, 5) is 19.0. The fraction of sp³-hybridized carbons (Fsp3) is 0.333. The number of nitrogens with zero attached hydrogens (tertiary/aromatic N) is 4. The SMILES string of the molecule is CCN(/C=C(/C#N)C(=O)N1CCN(Cc2ccccc2)CC1)Cc1ccccc1.